The second kappa shape index (κ2) is 5.53. The molecule has 10 heteroatoms. The number of hydrogen-bond acceptors (Lipinski definition) is 4. The molecule has 0 atom stereocenters. The number of nitrogens with zero attached hydrogens (tertiary/aromatic N) is 2. The van der Waals surface area contributed by atoms with E-state index in [1.165, 1.54) is 0 Å². The van der Waals surface area contributed by atoms with Gasteiger partial charge in [-0.25, -0.2) is 9.37 Å². The number of benzene rings is 1. The molecular weight excluding hydrogens is 335 g/mol. The number of alkyl halides is 3. The largest absolute Gasteiger partial charge is 0.433 e. The quantitative estimate of drug-likeness (QED) is 0.633. The van der Waals surface area contributed by atoms with Crippen molar-refractivity contribution in [3.8, 4) is 0 Å². The third kappa shape index (κ3) is 3.64. The highest BCUT2D eigenvalue weighted by Crippen LogP contribution is 2.32. The molecule has 112 valence electrons. The molecule has 0 aliphatic carbocycles. The van der Waals surface area contributed by atoms with Gasteiger partial charge < -0.3 is 11.1 Å². The molecule has 0 unspecified atom stereocenters. The molecule has 2 rings (SSSR count). The predicted molar refractivity (Wildman–Crippen MR) is 71.1 cm³/mol. The monoisotopic (exact) mass is 340 g/mol. The van der Waals surface area contributed by atoms with Gasteiger partial charge in [0.2, 0.25) is 5.95 Å². The van der Waals surface area contributed by atoms with Crippen LogP contribution >= 0.6 is 23.2 Å². The van der Waals surface area contributed by atoms with Gasteiger partial charge in [-0.3, -0.25) is 0 Å². The highest BCUT2D eigenvalue weighted by molar-refractivity contribution is 6.35. The van der Waals surface area contributed by atoms with Crippen LogP contribution in [-0.2, 0) is 6.18 Å². The summed E-state index contributed by atoms with van der Waals surface area (Å²) < 4.78 is 51.1. The van der Waals surface area contributed by atoms with E-state index in [1.54, 1.807) is 0 Å². The zero-order valence-electron chi connectivity index (χ0n) is 9.97. The average molecular weight is 341 g/mol. The van der Waals surface area contributed by atoms with E-state index in [1.807, 2.05) is 0 Å². The number of aromatic nitrogens is 2. The van der Waals surface area contributed by atoms with E-state index in [9.17, 15) is 17.6 Å². The molecule has 1 aromatic carbocycles. The van der Waals surface area contributed by atoms with Gasteiger partial charge in [0.15, 0.2) is 11.5 Å². The summed E-state index contributed by atoms with van der Waals surface area (Å²) in [5.41, 5.74) is 4.16. The van der Waals surface area contributed by atoms with Crippen LogP contribution in [0.25, 0.3) is 0 Å². The maximum atomic E-state index is 13.2. The number of nitrogen functional groups attached to an aromatic ring is 1. The van der Waals surface area contributed by atoms with Crippen LogP contribution in [0, 0.1) is 5.82 Å². The zero-order valence-corrected chi connectivity index (χ0v) is 11.5. The topological polar surface area (TPSA) is 63.8 Å². The van der Waals surface area contributed by atoms with Crippen LogP contribution in [0.2, 0.25) is 10.0 Å². The van der Waals surface area contributed by atoms with Crippen LogP contribution in [0.1, 0.15) is 5.69 Å². The van der Waals surface area contributed by atoms with Gasteiger partial charge in [0.25, 0.3) is 0 Å². The van der Waals surface area contributed by atoms with E-state index in [0.29, 0.717) is 6.07 Å². The van der Waals surface area contributed by atoms with Crippen LogP contribution in [0.3, 0.4) is 0 Å². The Morgan fingerprint density at radius 2 is 1.62 bits per heavy atom. The first kappa shape index (κ1) is 15.6. The fraction of sp³-hybridized carbons (Fsp3) is 0.0909. The Hall–Kier alpha value is -1.80. The van der Waals surface area contributed by atoms with Gasteiger partial charge in [-0.05, 0) is 12.1 Å². The molecule has 0 saturated carbocycles. The van der Waals surface area contributed by atoms with Crippen molar-refractivity contribution in [1.82, 2.24) is 9.97 Å². The summed E-state index contributed by atoms with van der Waals surface area (Å²) in [4.78, 5) is 6.69. The first-order valence-electron chi connectivity index (χ1n) is 5.30. The van der Waals surface area contributed by atoms with Crippen molar-refractivity contribution in [1.29, 1.82) is 0 Å². The van der Waals surface area contributed by atoms with Crippen LogP contribution in [0.5, 0.6) is 0 Å². The normalized spacial score (nSPS) is 11.5. The number of hydrogen-bond donors (Lipinski definition) is 2. The fourth-order valence-electron chi connectivity index (χ4n) is 1.45. The van der Waals surface area contributed by atoms with E-state index in [2.05, 4.69) is 15.3 Å². The number of nitrogens with two attached hydrogens (primary N) is 1. The lowest BCUT2D eigenvalue weighted by atomic mass is 10.3. The number of nitrogens with one attached hydrogen (secondary N) is 1. The van der Waals surface area contributed by atoms with Crippen molar-refractivity contribution in [2.75, 3.05) is 11.1 Å². The highest BCUT2D eigenvalue weighted by atomic mass is 35.5. The van der Waals surface area contributed by atoms with E-state index < -0.39 is 23.6 Å². The molecule has 21 heavy (non-hydrogen) atoms. The highest BCUT2D eigenvalue weighted by Gasteiger charge is 2.33. The van der Waals surface area contributed by atoms with Crippen molar-refractivity contribution in [2.45, 2.75) is 6.18 Å². The van der Waals surface area contributed by atoms with Gasteiger partial charge >= 0.3 is 6.18 Å². The molecule has 2 aromatic rings. The molecule has 0 fully saturated rings. The van der Waals surface area contributed by atoms with E-state index in [4.69, 9.17) is 28.9 Å². The lowest BCUT2D eigenvalue weighted by Gasteiger charge is -2.11. The van der Waals surface area contributed by atoms with E-state index in [0.717, 1.165) is 12.1 Å². The number of halogens is 6. The summed E-state index contributed by atoms with van der Waals surface area (Å²) in [6.45, 7) is 0. The van der Waals surface area contributed by atoms with Crippen molar-refractivity contribution >= 4 is 40.7 Å². The summed E-state index contributed by atoms with van der Waals surface area (Å²) in [5.74, 6) is -1.62. The van der Waals surface area contributed by atoms with Gasteiger partial charge in [0.05, 0.1) is 10.0 Å². The minimum atomic E-state index is -4.68. The molecule has 0 spiro atoms. The van der Waals surface area contributed by atoms with Crippen molar-refractivity contribution in [2.24, 2.45) is 0 Å². The lowest BCUT2D eigenvalue weighted by Crippen LogP contribution is -2.12. The Morgan fingerprint density at radius 1 is 1.05 bits per heavy atom. The summed E-state index contributed by atoms with van der Waals surface area (Å²) in [7, 11) is 0. The molecule has 3 N–H and O–H groups in total. The zero-order chi connectivity index (χ0) is 15.8. The van der Waals surface area contributed by atoms with Gasteiger partial charge in [0.1, 0.15) is 5.82 Å². The maximum absolute atomic E-state index is 13.2. The van der Waals surface area contributed by atoms with E-state index in [-0.39, 0.29) is 21.6 Å². The summed E-state index contributed by atoms with van der Waals surface area (Å²) in [6.07, 6.45) is -4.68. The first-order valence-corrected chi connectivity index (χ1v) is 6.05. The summed E-state index contributed by atoms with van der Waals surface area (Å²) >= 11 is 11.2. The van der Waals surface area contributed by atoms with Gasteiger partial charge in [-0.1, -0.05) is 23.2 Å². The molecule has 0 amide bonds. The summed E-state index contributed by atoms with van der Waals surface area (Å²) in [5, 5.41) is 1.92. The van der Waals surface area contributed by atoms with Crippen LogP contribution < -0.4 is 11.1 Å². The molecule has 1 aromatic heterocycles. The van der Waals surface area contributed by atoms with Gasteiger partial charge in [-0.2, -0.15) is 18.2 Å². The second-order valence-electron chi connectivity index (χ2n) is 3.87. The van der Waals surface area contributed by atoms with Crippen LogP contribution in [-0.4, -0.2) is 9.97 Å². The summed E-state index contributed by atoms with van der Waals surface area (Å²) in [6, 6.07) is 2.95. The number of rotatable bonds is 2. The van der Waals surface area contributed by atoms with Crippen LogP contribution in [0.4, 0.5) is 35.0 Å². The standard InChI is InChI=1S/C11H6Cl2F4N4/c12-5-1-4(2-6(13)9(5)14)19-8-3-7(11(15,16)17)20-10(18)21-8/h1-3H,(H3,18,19,20,21). The molecule has 0 bridgehead atoms. The molecule has 1 heterocycles. The molecule has 0 saturated heterocycles. The Balaban J connectivity index is 2.38. The number of anilines is 3. The molecule has 0 aliphatic heterocycles. The SMILES string of the molecule is Nc1nc(Nc2cc(Cl)c(F)c(Cl)c2)cc(C(F)(F)F)n1. The molecule has 4 nitrogen and oxygen atoms in total. The van der Waals surface area contributed by atoms with Crippen molar-refractivity contribution in [3.05, 3.63) is 39.8 Å². The Bertz CT molecular complexity index is 667. The van der Waals surface area contributed by atoms with Gasteiger partial charge in [-0.15, -0.1) is 0 Å². The van der Waals surface area contributed by atoms with Gasteiger partial charge in [0, 0.05) is 11.8 Å². The van der Waals surface area contributed by atoms with E-state index >= 15 is 0 Å². The second-order valence-corrected chi connectivity index (χ2v) is 4.69. The maximum Gasteiger partial charge on any atom is 0.433 e. The third-order valence-electron chi connectivity index (χ3n) is 2.29. The average Bonchev–Trinajstić information content (AvgIpc) is 2.34. The van der Waals surface area contributed by atoms with Crippen molar-refractivity contribution < 1.29 is 17.6 Å². The molecule has 0 aliphatic rings. The first-order chi connectivity index (χ1) is 9.66. The smallest absolute Gasteiger partial charge is 0.368 e. The Morgan fingerprint density at radius 3 is 2.14 bits per heavy atom. The van der Waals surface area contributed by atoms with Crippen molar-refractivity contribution in [3.63, 3.8) is 0 Å². The minimum absolute atomic E-state index is 0.151. The lowest BCUT2D eigenvalue weighted by molar-refractivity contribution is -0.141. The fourth-order valence-corrected chi connectivity index (χ4v) is 1.94. The third-order valence-corrected chi connectivity index (χ3v) is 2.84. The molecular formula is C11H6Cl2F4N4. The Labute approximate surface area is 125 Å². The van der Waals surface area contributed by atoms with Crippen LogP contribution in [0.15, 0.2) is 18.2 Å². The Kier molecular flexibility index (Phi) is 4.11. The minimum Gasteiger partial charge on any atom is -0.368 e. The molecule has 0 radical (unpaired) electrons. The predicted octanol–water partition coefficient (Wildman–Crippen LogP) is 4.27.